The molecule has 0 unspecified atom stereocenters. The number of esters is 1. The Hall–Kier alpha value is -3.67. The fraction of sp³-hybridized carbons (Fsp3) is 0.136. The lowest BCUT2D eigenvalue weighted by molar-refractivity contribution is 0.0600. The normalized spacial score (nSPS) is 10.2. The van der Waals surface area contributed by atoms with E-state index < -0.39 is 5.97 Å². The lowest BCUT2D eigenvalue weighted by Crippen LogP contribution is -2.18. The van der Waals surface area contributed by atoms with Crippen molar-refractivity contribution in [1.29, 1.82) is 0 Å². The summed E-state index contributed by atoms with van der Waals surface area (Å²) in [4.78, 5) is 30.4. The average Bonchev–Trinajstić information content (AvgIpc) is 2.75. The predicted molar refractivity (Wildman–Crippen MR) is 109 cm³/mol. The monoisotopic (exact) mass is 375 g/mol. The van der Waals surface area contributed by atoms with Gasteiger partial charge in [-0.15, -0.1) is 0 Å². The molecule has 0 atom stereocenters. The Morgan fingerprint density at radius 2 is 1.68 bits per heavy atom. The molecule has 6 heteroatoms. The van der Waals surface area contributed by atoms with E-state index in [1.807, 2.05) is 43.3 Å². The van der Waals surface area contributed by atoms with E-state index in [0.717, 1.165) is 17.9 Å². The number of hydrogen-bond donors (Lipinski definition) is 1. The van der Waals surface area contributed by atoms with E-state index in [0.29, 0.717) is 16.8 Å². The minimum Gasteiger partial charge on any atom is -0.465 e. The first-order valence-corrected chi connectivity index (χ1v) is 8.89. The highest BCUT2D eigenvalue weighted by atomic mass is 16.5. The molecule has 6 nitrogen and oxygen atoms in total. The van der Waals surface area contributed by atoms with Crippen molar-refractivity contribution in [3.63, 3.8) is 0 Å². The number of nitrogens with zero attached hydrogens (tertiary/aromatic N) is 2. The average molecular weight is 375 g/mol. The molecule has 1 N–H and O–H groups in total. The molecular formula is C22H21N3O3. The van der Waals surface area contributed by atoms with Crippen molar-refractivity contribution in [1.82, 2.24) is 4.98 Å². The van der Waals surface area contributed by atoms with Crippen molar-refractivity contribution in [3.8, 4) is 0 Å². The van der Waals surface area contributed by atoms with Crippen LogP contribution in [-0.2, 0) is 4.74 Å². The van der Waals surface area contributed by atoms with Gasteiger partial charge in [0.2, 0.25) is 0 Å². The Morgan fingerprint density at radius 3 is 2.32 bits per heavy atom. The second-order valence-corrected chi connectivity index (χ2v) is 6.03. The van der Waals surface area contributed by atoms with Gasteiger partial charge in [-0.3, -0.25) is 9.78 Å². The van der Waals surface area contributed by atoms with Crippen molar-refractivity contribution < 1.29 is 14.3 Å². The van der Waals surface area contributed by atoms with E-state index in [1.165, 1.54) is 13.3 Å². The molecule has 2 aromatic carbocycles. The Balaban J connectivity index is 1.77. The van der Waals surface area contributed by atoms with Gasteiger partial charge in [0.15, 0.2) is 0 Å². The van der Waals surface area contributed by atoms with Gasteiger partial charge in [-0.05, 0) is 49.4 Å². The number of anilines is 3. The van der Waals surface area contributed by atoms with E-state index in [-0.39, 0.29) is 5.91 Å². The van der Waals surface area contributed by atoms with E-state index >= 15 is 0 Å². The maximum absolute atomic E-state index is 12.6. The first kappa shape index (κ1) is 19.1. The Kier molecular flexibility index (Phi) is 6.01. The highest BCUT2D eigenvalue weighted by Gasteiger charge is 2.12. The number of aromatic nitrogens is 1. The first-order chi connectivity index (χ1) is 13.6. The molecule has 0 bridgehead atoms. The van der Waals surface area contributed by atoms with Crippen LogP contribution in [-0.4, -0.2) is 30.5 Å². The van der Waals surface area contributed by atoms with Crippen LogP contribution in [0.25, 0.3) is 0 Å². The molecule has 0 spiro atoms. The minimum absolute atomic E-state index is 0.274. The van der Waals surface area contributed by atoms with Crippen LogP contribution in [0, 0.1) is 0 Å². The molecule has 0 saturated heterocycles. The summed E-state index contributed by atoms with van der Waals surface area (Å²) in [5.74, 6) is -0.695. The van der Waals surface area contributed by atoms with Gasteiger partial charge < -0.3 is 15.0 Å². The number of para-hydroxylation sites is 1. The molecule has 0 saturated carbocycles. The molecular weight excluding hydrogens is 354 g/mol. The summed E-state index contributed by atoms with van der Waals surface area (Å²) in [6, 6.07) is 18.3. The third-order valence-electron chi connectivity index (χ3n) is 4.25. The molecule has 3 rings (SSSR count). The van der Waals surface area contributed by atoms with Crippen molar-refractivity contribution in [2.24, 2.45) is 0 Å². The van der Waals surface area contributed by atoms with E-state index in [1.54, 1.807) is 30.5 Å². The largest absolute Gasteiger partial charge is 0.465 e. The van der Waals surface area contributed by atoms with E-state index in [2.05, 4.69) is 19.9 Å². The van der Waals surface area contributed by atoms with Gasteiger partial charge in [-0.2, -0.15) is 0 Å². The van der Waals surface area contributed by atoms with Crippen LogP contribution in [0.2, 0.25) is 0 Å². The van der Waals surface area contributed by atoms with E-state index in [4.69, 9.17) is 0 Å². The van der Waals surface area contributed by atoms with Crippen LogP contribution in [0.5, 0.6) is 0 Å². The molecule has 0 aliphatic carbocycles. The summed E-state index contributed by atoms with van der Waals surface area (Å²) in [7, 11) is 1.33. The Bertz CT molecular complexity index is 956. The molecule has 0 fully saturated rings. The molecule has 1 amide bonds. The lowest BCUT2D eigenvalue weighted by Gasteiger charge is -2.23. The number of pyridine rings is 1. The zero-order chi connectivity index (χ0) is 19.9. The van der Waals surface area contributed by atoms with Crippen molar-refractivity contribution in [2.45, 2.75) is 6.92 Å². The van der Waals surface area contributed by atoms with Crippen LogP contribution in [0.1, 0.15) is 27.6 Å². The Morgan fingerprint density at radius 1 is 0.964 bits per heavy atom. The van der Waals surface area contributed by atoms with Gasteiger partial charge in [0.25, 0.3) is 5.91 Å². The van der Waals surface area contributed by atoms with Gasteiger partial charge in [-0.1, -0.05) is 18.2 Å². The number of methoxy groups -OCH3 is 1. The lowest BCUT2D eigenvalue weighted by atomic mass is 10.2. The molecule has 3 aromatic rings. The fourth-order valence-electron chi connectivity index (χ4n) is 2.83. The molecule has 1 heterocycles. The Labute approximate surface area is 163 Å². The van der Waals surface area contributed by atoms with Crippen molar-refractivity contribution >= 4 is 28.9 Å². The summed E-state index contributed by atoms with van der Waals surface area (Å²) >= 11 is 0. The molecule has 1 aromatic heterocycles. The number of rotatable bonds is 6. The SMILES string of the molecule is CCN(c1ccccc1)c1cncc(C(=O)Nc2ccc(C(=O)OC)cc2)c1. The number of carbonyl (C=O) groups excluding carboxylic acids is 2. The summed E-state index contributed by atoms with van der Waals surface area (Å²) in [6.45, 7) is 2.79. The van der Waals surface area contributed by atoms with Crippen LogP contribution in [0.3, 0.4) is 0 Å². The second kappa shape index (κ2) is 8.81. The topological polar surface area (TPSA) is 71.5 Å². The zero-order valence-corrected chi connectivity index (χ0v) is 15.8. The molecule has 0 aliphatic rings. The number of amides is 1. The number of ether oxygens (including phenoxy) is 1. The van der Waals surface area contributed by atoms with Gasteiger partial charge >= 0.3 is 5.97 Å². The number of hydrogen-bond acceptors (Lipinski definition) is 5. The third-order valence-corrected chi connectivity index (χ3v) is 4.25. The molecule has 0 radical (unpaired) electrons. The van der Waals surface area contributed by atoms with Crippen LogP contribution in [0.15, 0.2) is 73.1 Å². The van der Waals surface area contributed by atoms with Gasteiger partial charge in [0.1, 0.15) is 0 Å². The number of benzene rings is 2. The van der Waals surface area contributed by atoms with Crippen LogP contribution in [0.4, 0.5) is 17.1 Å². The van der Waals surface area contributed by atoms with Crippen molar-refractivity contribution in [2.75, 3.05) is 23.9 Å². The van der Waals surface area contributed by atoms with Gasteiger partial charge in [0.05, 0.1) is 30.1 Å². The van der Waals surface area contributed by atoms with E-state index in [9.17, 15) is 9.59 Å². The third kappa shape index (κ3) is 4.35. The first-order valence-electron chi connectivity index (χ1n) is 8.89. The molecule has 28 heavy (non-hydrogen) atoms. The second-order valence-electron chi connectivity index (χ2n) is 6.03. The summed E-state index contributed by atoms with van der Waals surface area (Å²) < 4.78 is 4.67. The maximum Gasteiger partial charge on any atom is 0.337 e. The van der Waals surface area contributed by atoms with Crippen LogP contribution < -0.4 is 10.2 Å². The molecule has 0 aliphatic heterocycles. The van der Waals surface area contributed by atoms with Gasteiger partial charge in [0, 0.05) is 24.1 Å². The smallest absolute Gasteiger partial charge is 0.337 e. The predicted octanol–water partition coefficient (Wildman–Crippen LogP) is 4.28. The maximum atomic E-state index is 12.6. The summed E-state index contributed by atoms with van der Waals surface area (Å²) in [5, 5.41) is 2.82. The summed E-state index contributed by atoms with van der Waals surface area (Å²) in [5.41, 5.74) is 3.32. The van der Waals surface area contributed by atoms with Gasteiger partial charge in [-0.25, -0.2) is 4.79 Å². The zero-order valence-electron chi connectivity index (χ0n) is 15.8. The van der Waals surface area contributed by atoms with Crippen molar-refractivity contribution in [3.05, 3.63) is 84.2 Å². The quantitative estimate of drug-likeness (QED) is 0.651. The minimum atomic E-state index is -0.421. The highest BCUT2D eigenvalue weighted by molar-refractivity contribution is 6.04. The number of carbonyl (C=O) groups is 2. The van der Waals surface area contributed by atoms with Crippen LogP contribution >= 0.6 is 0 Å². The summed E-state index contributed by atoms with van der Waals surface area (Å²) in [6.07, 6.45) is 3.26. The number of nitrogens with one attached hydrogen (secondary N) is 1. The highest BCUT2D eigenvalue weighted by Crippen LogP contribution is 2.25. The standard InChI is InChI=1S/C22H21N3O3/c1-3-25(19-7-5-4-6-8-19)20-13-17(14-23-15-20)21(26)24-18-11-9-16(10-12-18)22(27)28-2/h4-15H,3H2,1-2H3,(H,24,26). The fourth-order valence-corrected chi connectivity index (χ4v) is 2.83. The molecule has 142 valence electrons.